The Kier molecular flexibility index (Phi) is 11.5. The minimum atomic E-state index is -0.0975. The van der Waals surface area contributed by atoms with Crippen LogP contribution >= 0.6 is 24.0 Å². The summed E-state index contributed by atoms with van der Waals surface area (Å²) in [5, 5.41) is 3.36. The second-order valence-electron chi connectivity index (χ2n) is 7.14. The molecule has 1 saturated heterocycles. The van der Waals surface area contributed by atoms with Crippen molar-refractivity contribution >= 4 is 41.8 Å². The molecule has 0 atom stereocenters. The first kappa shape index (κ1) is 26.0. The number of esters is 1. The van der Waals surface area contributed by atoms with Crippen molar-refractivity contribution in [3.63, 3.8) is 0 Å². The number of rotatable bonds is 7. The lowest BCUT2D eigenvalue weighted by Gasteiger charge is -2.33. The Labute approximate surface area is 196 Å². The smallest absolute Gasteiger partial charge is 0.309 e. The predicted octanol–water partition coefficient (Wildman–Crippen LogP) is 2.12. The Morgan fingerprint density at radius 2 is 1.97 bits per heavy atom. The molecule has 0 saturated carbocycles. The van der Waals surface area contributed by atoms with Crippen molar-refractivity contribution in [2.75, 3.05) is 47.4 Å². The standard InChI is InChI=1S/C21H32N4O4.HI/c1-5-28-20(27)17-9-11-25(12-10-17)21(22-2)23-14-16-7-6-8-18(13-16)29-15-19(26)24(3)4;/h6-8,13,17H,5,9-12,14-15H2,1-4H3,(H,22,23);1H. The van der Waals surface area contributed by atoms with E-state index in [4.69, 9.17) is 9.47 Å². The molecule has 30 heavy (non-hydrogen) atoms. The van der Waals surface area contributed by atoms with E-state index in [-0.39, 0.29) is 48.4 Å². The second kappa shape index (κ2) is 13.3. The Balaban J connectivity index is 0.00000450. The molecule has 9 heteroatoms. The van der Waals surface area contributed by atoms with Crippen LogP contribution in [0.2, 0.25) is 0 Å². The predicted molar refractivity (Wildman–Crippen MR) is 127 cm³/mol. The fourth-order valence-corrected chi connectivity index (χ4v) is 3.12. The number of guanidine groups is 1. The molecule has 1 aliphatic rings. The van der Waals surface area contributed by atoms with Gasteiger partial charge in [-0.3, -0.25) is 14.6 Å². The lowest BCUT2D eigenvalue weighted by Crippen LogP contribution is -2.46. The van der Waals surface area contributed by atoms with Gasteiger partial charge in [0.15, 0.2) is 12.6 Å². The molecular weight excluding hydrogens is 499 g/mol. The van der Waals surface area contributed by atoms with Crippen LogP contribution in [0.3, 0.4) is 0 Å². The molecule has 0 unspecified atom stereocenters. The number of carbonyl (C=O) groups is 2. The fraction of sp³-hybridized carbons (Fsp3) is 0.571. The second-order valence-corrected chi connectivity index (χ2v) is 7.14. The summed E-state index contributed by atoms with van der Waals surface area (Å²) >= 11 is 0. The normalized spacial score (nSPS) is 14.5. The first-order chi connectivity index (χ1) is 13.9. The van der Waals surface area contributed by atoms with Crippen LogP contribution in [0.5, 0.6) is 5.75 Å². The van der Waals surface area contributed by atoms with E-state index in [2.05, 4.69) is 15.2 Å². The summed E-state index contributed by atoms with van der Waals surface area (Å²) in [4.78, 5) is 31.6. The number of nitrogens with zero attached hydrogens (tertiary/aromatic N) is 3. The number of ether oxygens (including phenoxy) is 2. The summed E-state index contributed by atoms with van der Waals surface area (Å²) in [5.74, 6) is 1.26. The first-order valence-electron chi connectivity index (χ1n) is 9.98. The van der Waals surface area contributed by atoms with E-state index < -0.39 is 0 Å². The van der Waals surface area contributed by atoms with Crippen LogP contribution in [0.25, 0.3) is 0 Å². The molecule has 1 aromatic carbocycles. The van der Waals surface area contributed by atoms with Crippen LogP contribution in [-0.4, -0.2) is 75.1 Å². The third-order valence-electron chi connectivity index (χ3n) is 4.84. The Morgan fingerprint density at radius 3 is 2.57 bits per heavy atom. The number of hydrogen-bond donors (Lipinski definition) is 1. The van der Waals surface area contributed by atoms with Gasteiger partial charge >= 0.3 is 5.97 Å². The summed E-state index contributed by atoms with van der Waals surface area (Å²) in [6, 6.07) is 7.64. The Hall–Kier alpha value is -2.04. The topological polar surface area (TPSA) is 83.5 Å². The number of aliphatic imine (C=N–C) groups is 1. The quantitative estimate of drug-likeness (QED) is 0.251. The highest BCUT2D eigenvalue weighted by molar-refractivity contribution is 14.0. The van der Waals surface area contributed by atoms with Crippen molar-refractivity contribution in [1.29, 1.82) is 0 Å². The molecule has 0 aliphatic carbocycles. The minimum Gasteiger partial charge on any atom is -0.484 e. The zero-order valence-corrected chi connectivity index (χ0v) is 20.5. The van der Waals surface area contributed by atoms with Crippen molar-refractivity contribution in [1.82, 2.24) is 15.1 Å². The number of carbonyl (C=O) groups excluding carboxylic acids is 2. The minimum absolute atomic E-state index is 0. The van der Waals surface area contributed by atoms with Gasteiger partial charge < -0.3 is 24.6 Å². The van der Waals surface area contributed by atoms with Crippen molar-refractivity contribution in [2.24, 2.45) is 10.9 Å². The fourth-order valence-electron chi connectivity index (χ4n) is 3.12. The van der Waals surface area contributed by atoms with Gasteiger partial charge in [-0.15, -0.1) is 24.0 Å². The molecule has 1 aromatic rings. The number of likely N-dealkylation sites (N-methyl/N-ethyl adjacent to an activating group) is 1. The molecule has 1 fully saturated rings. The average Bonchev–Trinajstić information content (AvgIpc) is 2.73. The van der Waals surface area contributed by atoms with Crippen LogP contribution in [-0.2, 0) is 20.9 Å². The molecule has 0 aromatic heterocycles. The summed E-state index contributed by atoms with van der Waals surface area (Å²) in [6.07, 6.45) is 1.53. The van der Waals surface area contributed by atoms with E-state index in [1.807, 2.05) is 31.2 Å². The van der Waals surface area contributed by atoms with Crippen LogP contribution in [0.15, 0.2) is 29.3 Å². The summed E-state index contributed by atoms with van der Waals surface area (Å²) in [7, 11) is 5.16. The van der Waals surface area contributed by atoms with E-state index in [0.29, 0.717) is 18.9 Å². The molecule has 2 rings (SSSR count). The van der Waals surface area contributed by atoms with Gasteiger partial charge in [-0.25, -0.2) is 0 Å². The molecular formula is C21H33IN4O4. The number of hydrogen-bond acceptors (Lipinski definition) is 5. The molecule has 1 heterocycles. The van der Waals surface area contributed by atoms with Gasteiger partial charge in [0.1, 0.15) is 5.75 Å². The highest BCUT2D eigenvalue weighted by atomic mass is 127. The molecule has 168 valence electrons. The molecule has 1 aliphatic heterocycles. The van der Waals surface area contributed by atoms with Crippen LogP contribution < -0.4 is 10.1 Å². The molecule has 0 spiro atoms. The van der Waals surface area contributed by atoms with Crippen molar-refractivity contribution in [3.8, 4) is 5.75 Å². The van der Waals surface area contributed by atoms with Gasteiger partial charge in [0.05, 0.1) is 12.5 Å². The SMILES string of the molecule is CCOC(=O)C1CCN(C(=NC)NCc2cccc(OCC(=O)N(C)C)c2)CC1.I. The zero-order valence-electron chi connectivity index (χ0n) is 18.2. The zero-order chi connectivity index (χ0) is 21.2. The van der Waals surface area contributed by atoms with E-state index >= 15 is 0 Å². The number of nitrogens with one attached hydrogen (secondary N) is 1. The van der Waals surface area contributed by atoms with Gasteiger partial charge in [0, 0.05) is 40.8 Å². The first-order valence-corrected chi connectivity index (χ1v) is 9.98. The van der Waals surface area contributed by atoms with Gasteiger partial charge in [-0.1, -0.05) is 12.1 Å². The van der Waals surface area contributed by atoms with Crippen LogP contribution in [0.1, 0.15) is 25.3 Å². The lowest BCUT2D eigenvalue weighted by atomic mass is 9.97. The number of benzene rings is 1. The molecule has 0 bridgehead atoms. The average molecular weight is 532 g/mol. The van der Waals surface area contributed by atoms with E-state index in [9.17, 15) is 9.59 Å². The summed E-state index contributed by atoms with van der Waals surface area (Å²) in [5.41, 5.74) is 1.03. The largest absolute Gasteiger partial charge is 0.484 e. The van der Waals surface area contributed by atoms with E-state index in [0.717, 1.165) is 37.5 Å². The third kappa shape index (κ3) is 8.00. The summed E-state index contributed by atoms with van der Waals surface area (Å²) in [6.45, 7) is 4.38. The summed E-state index contributed by atoms with van der Waals surface area (Å²) < 4.78 is 10.7. The molecule has 1 amide bonds. The lowest BCUT2D eigenvalue weighted by molar-refractivity contribution is -0.149. The van der Waals surface area contributed by atoms with Crippen molar-refractivity contribution in [2.45, 2.75) is 26.3 Å². The maximum atomic E-state index is 11.9. The molecule has 8 nitrogen and oxygen atoms in total. The van der Waals surface area contributed by atoms with Gasteiger partial charge in [0.25, 0.3) is 5.91 Å². The Bertz CT molecular complexity index is 719. The highest BCUT2D eigenvalue weighted by Crippen LogP contribution is 2.19. The van der Waals surface area contributed by atoms with Crippen molar-refractivity contribution in [3.05, 3.63) is 29.8 Å². The van der Waals surface area contributed by atoms with E-state index in [1.54, 1.807) is 21.1 Å². The van der Waals surface area contributed by atoms with Crippen LogP contribution in [0, 0.1) is 5.92 Å². The number of piperidine rings is 1. The molecule has 1 N–H and O–H groups in total. The monoisotopic (exact) mass is 532 g/mol. The van der Waals surface area contributed by atoms with Gasteiger partial charge in [0.2, 0.25) is 0 Å². The maximum Gasteiger partial charge on any atom is 0.309 e. The van der Waals surface area contributed by atoms with Gasteiger partial charge in [-0.2, -0.15) is 0 Å². The highest BCUT2D eigenvalue weighted by Gasteiger charge is 2.27. The van der Waals surface area contributed by atoms with Crippen LogP contribution in [0.4, 0.5) is 0 Å². The number of likely N-dealkylation sites (tertiary alicyclic amines) is 1. The maximum absolute atomic E-state index is 11.9. The van der Waals surface area contributed by atoms with E-state index in [1.165, 1.54) is 4.90 Å². The van der Waals surface area contributed by atoms with Crippen molar-refractivity contribution < 1.29 is 19.1 Å². The Morgan fingerprint density at radius 1 is 1.27 bits per heavy atom. The number of amides is 1. The van der Waals surface area contributed by atoms with Gasteiger partial charge in [-0.05, 0) is 37.5 Å². The molecule has 0 radical (unpaired) electrons. The third-order valence-corrected chi connectivity index (χ3v) is 4.84. The number of halogens is 1.